The molecule has 1 unspecified atom stereocenters. The van der Waals surface area contributed by atoms with Crippen LogP contribution in [0.15, 0.2) is 53.1 Å². The van der Waals surface area contributed by atoms with Crippen LogP contribution in [0.1, 0.15) is 89.9 Å². The Morgan fingerprint density at radius 3 is 2.31 bits per heavy atom. The summed E-state index contributed by atoms with van der Waals surface area (Å²) in [6, 6.07) is 4.72. The molecule has 1 atom stereocenters. The predicted octanol–water partition coefficient (Wildman–Crippen LogP) is 7.32. The zero-order chi connectivity index (χ0) is 21.4. The van der Waals surface area contributed by atoms with Crippen LogP contribution in [-0.4, -0.2) is 16.5 Å². The Labute approximate surface area is 176 Å². The van der Waals surface area contributed by atoms with E-state index in [0.717, 1.165) is 38.5 Å². The topological polar surface area (TPSA) is 46.5 Å². The Hall–Kier alpha value is -2.29. The van der Waals surface area contributed by atoms with E-state index in [9.17, 15) is 9.90 Å². The lowest BCUT2D eigenvalue weighted by molar-refractivity contribution is 0.0474. The average molecular weight is 397 g/mol. The molecule has 1 N–H and O–H groups in total. The van der Waals surface area contributed by atoms with Crippen LogP contribution in [0.25, 0.3) is 0 Å². The highest BCUT2D eigenvalue weighted by Crippen LogP contribution is 2.37. The largest absolute Gasteiger partial charge is 0.508 e. The van der Waals surface area contributed by atoms with Crippen molar-refractivity contribution in [2.45, 2.75) is 85.2 Å². The average Bonchev–Trinajstić information content (AvgIpc) is 2.60. The number of hydrogen-bond donors (Lipinski definition) is 1. The first-order valence-electron chi connectivity index (χ1n) is 10.7. The first-order valence-corrected chi connectivity index (χ1v) is 10.7. The Morgan fingerprint density at radius 1 is 1.03 bits per heavy atom. The summed E-state index contributed by atoms with van der Waals surface area (Å²) in [5.41, 5.74) is 4.27. The first kappa shape index (κ1) is 23.0. The lowest BCUT2D eigenvalue weighted by atomic mass is 9.87. The number of aromatic hydroxyl groups is 1. The van der Waals surface area contributed by atoms with E-state index < -0.39 is 5.60 Å². The van der Waals surface area contributed by atoms with Crippen molar-refractivity contribution in [3.05, 3.63) is 58.7 Å². The summed E-state index contributed by atoms with van der Waals surface area (Å²) in [5, 5.41) is 9.68. The van der Waals surface area contributed by atoms with Crippen molar-refractivity contribution in [2.24, 2.45) is 0 Å². The van der Waals surface area contributed by atoms with Crippen molar-refractivity contribution in [2.75, 3.05) is 0 Å². The monoisotopic (exact) mass is 396 g/mol. The van der Waals surface area contributed by atoms with Crippen molar-refractivity contribution < 1.29 is 14.6 Å². The van der Waals surface area contributed by atoms with Gasteiger partial charge >= 0.3 is 0 Å². The highest BCUT2D eigenvalue weighted by molar-refractivity contribution is 6.00. The lowest BCUT2D eigenvalue weighted by Gasteiger charge is -2.34. The standard InChI is InChI=1S/C26H36O3/c1-19(2)9-6-10-20(3)11-7-12-21(4)13-8-16-26(5)18-24(28)23-15-14-22(27)17-25(23)29-26/h9,11,13-15,17,27H,6-8,10,12,16,18H2,1-5H3/b20-11+,21-13+. The molecule has 3 nitrogen and oxygen atoms in total. The van der Waals surface area contributed by atoms with E-state index in [4.69, 9.17) is 4.74 Å². The van der Waals surface area contributed by atoms with Gasteiger partial charge in [0.2, 0.25) is 0 Å². The van der Waals surface area contributed by atoms with Crippen molar-refractivity contribution in [3.8, 4) is 11.5 Å². The van der Waals surface area contributed by atoms with Crippen molar-refractivity contribution in [3.63, 3.8) is 0 Å². The van der Waals surface area contributed by atoms with E-state index in [2.05, 4.69) is 45.9 Å². The van der Waals surface area contributed by atoms with Crippen LogP contribution in [0.2, 0.25) is 0 Å². The maximum atomic E-state index is 12.4. The molecule has 2 rings (SSSR count). The van der Waals surface area contributed by atoms with Crippen molar-refractivity contribution >= 4 is 5.78 Å². The second-order valence-electron chi connectivity index (χ2n) is 8.83. The van der Waals surface area contributed by atoms with E-state index in [-0.39, 0.29) is 11.5 Å². The van der Waals surface area contributed by atoms with Gasteiger partial charge in [0, 0.05) is 6.07 Å². The van der Waals surface area contributed by atoms with Crippen LogP contribution in [-0.2, 0) is 0 Å². The number of phenolic OH excluding ortho intramolecular Hbond substituents is 1. The quantitative estimate of drug-likeness (QED) is 0.445. The molecule has 29 heavy (non-hydrogen) atoms. The van der Waals surface area contributed by atoms with Gasteiger partial charge in [0.25, 0.3) is 0 Å². The molecule has 1 aromatic carbocycles. The predicted molar refractivity (Wildman–Crippen MR) is 121 cm³/mol. The number of carbonyl (C=O) groups is 1. The smallest absolute Gasteiger partial charge is 0.170 e. The van der Waals surface area contributed by atoms with Crippen LogP contribution in [0, 0.1) is 0 Å². The summed E-state index contributed by atoms with van der Waals surface area (Å²) in [5.74, 6) is 0.710. The summed E-state index contributed by atoms with van der Waals surface area (Å²) in [6.45, 7) is 10.7. The summed E-state index contributed by atoms with van der Waals surface area (Å²) < 4.78 is 6.10. The second-order valence-corrected chi connectivity index (χ2v) is 8.83. The van der Waals surface area contributed by atoms with Gasteiger partial charge in [-0.1, -0.05) is 34.9 Å². The third kappa shape index (κ3) is 7.56. The SMILES string of the molecule is CC(C)=CCC/C(C)=C/CC/C(C)=C/CCC1(C)CC(=O)c2ccc(O)cc2O1. The molecule has 1 heterocycles. The van der Waals surface area contributed by atoms with Gasteiger partial charge in [-0.15, -0.1) is 0 Å². The second kappa shape index (κ2) is 10.5. The van der Waals surface area contributed by atoms with Gasteiger partial charge < -0.3 is 9.84 Å². The fraction of sp³-hybridized carbons (Fsp3) is 0.500. The molecule has 0 saturated heterocycles. The Balaban J connectivity index is 1.81. The highest BCUT2D eigenvalue weighted by Gasteiger charge is 2.36. The van der Waals surface area contributed by atoms with E-state index in [1.165, 1.54) is 28.9 Å². The van der Waals surface area contributed by atoms with Gasteiger partial charge in [-0.05, 0) is 85.3 Å². The minimum Gasteiger partial charge on any atom is -0.508 e. The van der Waals surface area contributed by atoms with Crippen LogP contribution in [0.3, 0.4) is 0 Å². The molecule has 0 amide bonds. The van der Waals surface area contributed by atoms with Crippen LogP contribution < -0.4 is 4.74 Å². The van der Waals surface area contributed by atoms with Crippen molar-refractivity contribution in [1.82, 2.24) is 0 Å². The number of phenols is 1. The third-order valence-corrected chi connectivity index (χ3v) is 5.45. The summed E-state index contributed by atoms with van der Waals surface area (Å²) >= 11 is 0. The molecule has 0 spiro atoms. The minimum atomic E-state index is -0.518. The van der Waals surface area contributed by atoms with E-state index >= 15 is 0 Å². The molecule has 1 aliphatic rings. The Kier molecular flexibility index (Phi) is 8.31. The van der Waals surface area contributed by atoms with Gasteiger partial charge in [0.05, 0.1) is 12.0 Å². The third-order valence-electron chi connectivity index (χ3n) is 5.45. The molecule has 0 bridgehead atoms. The maximum Gasteiger partial charge on any atom is 0.170 e. The molecule has 158 valence electrons. The number of ether oxygens (including phenoxy) is 1. The molecule has 1 aromatic rings. The molecule has 0 radical (unpaired) electrons. The maximum absolute atomic E-state index is 12.4. The van der Waals surface area contributed by atoms with Gasteiger partial charge in [-0.3, -0.25) is 4.79 Å². The summed E-state index contributed by atoms with van der Waals surface area (Å²) in [6.07, 6.45) is 13.3. The molecular formula is C26H36O3. The molecule has 0 aromatic heterocycles. The number of allylic oxidation sites excluding steroid dienone is 6. The fourth-order valence-electron chi connectivity index (χ4n) is 3.66. The van der Waals surface area contributed by atoms with E-state index in [1.807, 2.05) is 6.92 Å². The van der Waals surface area contributed by atoms with Crippen molar-refractivity contribution in [1.29, 1.82) is 0 Å². The first-order chi connectivity index (χ1) is 13.7. The number of rotatable bonds is 9. The molecule has 3 heteroatoms. The number of fused-ring (bicyclic) bond motifs is 1. The van der Waals surface area contributed by atoms with Crippen LogP contribution >= 0.6 is 0 Å². The van der Waals surface area contributed by atoms with Gasteiger partial charge in [-0.2, -0.15) is 0 Å². The summed E-state index contributed by atoms with van der Waals surface area (Å²) in [4.78, 5) is 12.4. The summed E-state index contributed by atoms with van der Waals surface area (Å²) in [7, 11) is 0. The fourth-order valence-corrected chi connectivity index (χ4v) is 3.66. The number of benzene rings is 1. The zero-order valence-electron chi connectivity index (χ0n) is 18.7. The Bertz CT molecular complexity index is 809. The molecule has 1 aliphatic heterocycles. The lowest BCUT2D eigenvalue weighted by Crippen LogP contribution is -2.39. The number of hydrogen-bond acceptors (Lipinski definition) is 3. The normalized spacial score (nSPS) is 19.6. The number of Topliss-reactive ketones (excluding diaryl/α,β-unsaturated/α-hetero) is 1. The van der Waals surface area contributed by atoms with E-state index in [1.54, 1.807) is 6.07 Å². The molecule has 0 saturated carbocycles. The molecular weight excluding hydrogens is 360 g/mol. The Morgan fingerprint density at radius 2 is 1.66 bits per heavy atom. The number of ketones is 1. The van der Waals surface area contributed by atoms with Gasteiger partial charge in [0.15, 0.2) is 5.78 Å². The molecule has 0 fully saturated rings. The van der Waals surface area contributed by atoms with Crippen LogP contribution in [0.5, 0.6) is 11.5 Å². The highest BCUT2D eigenvalue weighted by atomic mass is 16.5. The number of carbonyl (C=O) groups excluding carboxylic acids is 1. The van der Waals surface area contributed by atoms with Gasteiger partial charge in [-0.25, -0.2) is 0 Å². The zero-order valence-corrected chi connectivity index (χ0v) is 18.7. The minimum absolute atomic E-state index is 0.0863. The van der Waals surface area contributed by atoms with Gasteiger partial charge in [0.1, 0.15) is 17.1 Å². The van der Waals surface area contributed by atoms with Crippen LogP contribution in [0.4, 0.5) is 0 Å². The van der Waals surface area contributed by atoms with E-state index in [0.29, 0.717) is 17.7 Å². The molecule has 0 aliphatic carbocycles.